The van der Waals surface area contributed by atoms with Gasteiger partial charge in [-0.1, -0.05) is 240 Å². The average molecular weight is 1130 g/mol. The van der Waals surface area contributed by atoms with Crippen LogP contribution in [0.4, 0.5) is 0 Å². The lowest BCUT2D eigenvalue weighted by molar-refractivity contribution is -0.359. The maximum Gasteiger partial charge on any atom is 0.220 e. The zero-order valence-electron chi connectivity index (χ0n) is 49.8. The maximum absolute atomic E-state index is 13.1. The van der Waals surface area contributed by atoms with E-state index in [0.29, 0.717) is 6.42 Å². The van der Waals surface area contributed by atoms with Gasteiger partial charge in [-0.2, -0.15) is 0 Å². The molecule has 2 heterocycles. The molecule has 0 radical (unpaired) electrons. The van der Waals surface area contributed by atoms with Crippen LogP contribution in [0, 0.1) is 0 Å². The first-order chi connectivity index (χ1) is 39.1. The molecule has 80 heavy (non-hydrogen) atoms. The van der Waals surface area contributed by atoms with Crippen LogP contribution in [0.25, 0.3) is 0 Å². The van der Waals surface area contributed by atoms with Gasteiger partial charge in [-0.3, -0.25) is 4.79 Å². The number of carbonyl (C=O) groups is 1. The summed E-state index contributed by atoms with van der Waals surface area (Å²) in [5.74, 6) is -0.246. The topological polar surface area (TPSA) is 228 Å². The molecule has 0 aromatic carbocycles. The highest BCUT2D eigenvalue weighted by molar-refractivity contribution is 5.76. The van der Waals surface area contributed by atoms with Gasteiger partial charge in [0.15, 0.2) is 12.6 Å². The molecule has 0 saturated carbocycles. The summed E-state index contributed by atoms with van der Waals surface area (Å²) in [6.45, 7) is 2.55. The van der Waals surface area contributed by atoms with Crippen molar-refractivity contribution in [3.05, 3.63) is 85.1 Å². The van der Waals surface area contributed by atoms with Crippen LogP contribution in [-0.4, -0.2) is 140 Å². The molecule has 9 N–H and O–H groups in total. The number of rotatable bonds is 50. The molecule has 2 saturated heterocycles. The average Bonchev–Trinajstić information content (AvgIpc) is 3.49. The smallest absolute Gasteiger partial charge is 0.220 e. The number of aliphatic hydroxyl groups is 8. The van der Waals surface area contributed by atoms with Crippen molar-refractivity contribution >= 4 is 5.91 Å². The Morgan fingerprint density at radius 2 is 0.863 bits per heavy atom. The van der Waals surface area contributed by atoms with E-state index in [2.05, 4.69) is 92.1 Å². The standard InChI is InChI=1S/C66H115NO13/c1-3-5-7-9-10-11-12-13-14-15-16-17-18-19-20-21-22-23-24-25-26-27-28-29-30-31-32-33-34-35-36-37-38-39-40-41-42-43-44-46-48-50-58(71)67-54(55(70)49-47-45-8-6-4-2)53-77-65-63(76)61(74)64(57(52-69)79-65)80-66-62(75)60(73)59(72)56(51-68)78-66/h5,7,10-11,13-14,16-17,19-20,22-23,47,49,54-57,59-66,68-70,72-76H,3-4,6,8-9,12,15,18,21,24-46,48,50-53H2,1-2H3,(H,67,71)/b7-5-,11-10-,14-13-,17-16-,20-19-,23-22-,49-47+. The van der Waals surface area contributed by atoms with Crippen molar-refractivity contribution in [1.82, 2.24) is 5.32 Å². The summed E-state index contributed by atoms with van der Waals surface area (Å²) in [6.07, 6.45) is 53.1. The summed E-state index contributed by atoms with van der Waals surface area (Å²) in [6, 6.07) is -0.911. The van der Waals surface area contributed by atoms with E-state index in [-0.39, 0.29) is 18.9 Å². The van der Waals surface area contributed by atoms with E-state index in [9.17, 15) is 45.6 Å². The first-order valence-electron chi connectivity index (χ1n) is 31.8. The van der Waals surface area contributed by atoms with Gasteiger partial charge in [0.1, 0.15) is 48.8 Å². The zero-order valence-corrected chi connectivity index (χ0v) is 49.8. The first kappa shape index (κ1) is 73.3. The van der Waals surface area contributed by atoms with Crippen molar-refractivity contribution in [3.8, 4) is 0 Å². The predicted molar refractivity (Wildman–Crippen MR) is 323 cm³/mol. The van der Waals surface area contributed by atoms with E-state index < -0.39 is 86.8 Å². The van der Waals surface area contributed by atoms with Crippen molar-refractivity contribution < 1.29 is 64.6 Å². The van der Waals surface area contributed by atoms with Crippen LogP contribution in [0.15, 0.2) is 85.1 Å². The fraction of sp³-hybridized carbons (Fsp3) is 0.773. The number of carbonyl (C=O) groups excluding carboxylic acids is 1. The van der Waals surface area contributed by atoms with Crippen LogP contribution in [0.2, 0.25) is 0 Å². The van der Waals surface area contributed by atoms with E-state index in [4.69, 9.17) is 18.9 Å². The molecule has 0 aromatic heterocycles. The predicted octanol–water partition coefficient (Wildman–Crippen LogP) is 11.7. The fourth-order valence-corrected chi connectivity index (χ4v) is 10.0. The van der Waals surface area contributed by atoms with Crippen molar-refractivity contribution in [3.63, 3.8) is 0 Å². The summed E-state index contributed by atoms with van der Waals surface area (Å²) < 4.78 is 22.6. The minimum absolute atomic E-state index is 0.246. The van der Waals surface area contributed by atoms with Crippen LogP contribution in [0.1, 0.15) is 232 Å². The summed E-state index contributed by atoms with van der Waals surface area (Å²) in [4.78, 5) is 13.1. The first-order valence-corrected chi connectivity index (χ1v) is 31.8. The van der Waals surface area contributed by atoms with Gasteiger partial charge in [0.25, 0.3) is 0 Å². The van der Waals surface area contributed by atoms with Gasteiger partial charge in [-0.25, -0.2) is 0 Å². The number of hydrogen-bond donors (Lipinski definition) is 9. The van der Waals surface area contributed by atoms with Gasteiger partial charge >= 0.3 is 0 Å². The highest BCUT2D eigenvalue weighted by Gasteiger charge is 2.51. The molecule has 0 bridgehead atoms. The summed E-state index contributed by atoms with van der Waals surface area (Å²) in [7, 11) is 0. The number of allylic oxidation sites excluding steroid dienone is 13. The Morgan fingerprint density at radius 3 is 1.32 bits per heavy atom. The lowest BCUT2D eigenvalue weighted by atomic mass is 9.97. The van der Waals surface area contributed by atoms with Crippen molar-refractivity contribution in [2.24, 2.45) is 0 Å². The molecule has 0 aliphatic carbocycles. The Kier molecular flexibility index (Phi) is 46.4. The number of aliphatic hydroxyl groups excluding tert-OH is 8. The molecule has 1 amide bonds. The zero-order chi connectivity index (χ0) is 58.1. The molecule has 12 unspecified atom stereocenters. The molecule has 0 spiro atoms. The second-order valence-corrected chi connectivity index (χ2v) is 22.2. The van der Waals surface area contributed by atoms with Crippen LogP contribution in [0.3, 0.4) is 0 Å². The normalized spacial score (nSPS) is 24.8. The molecule has 2 aliphatic heterocycles. The molecule has 2 fully saturated rings. The quantitative estimate of drug-likeness (QED) is 0.0204. The van der Waals surface area contributed by atoms with E-state index in [1.807, 2.05) is 6.08 Å². The highest BCUT2D eigenvalue weighted by Crippen LogP contribution is 2.30. The Bertz CT molecular complexity index is 1660. The van der Waals surface area contributed by atoms with E-state index >= 15 is 0 Å². The highest BCUT2D eigenvalue weighted by atomic mass is 16.7. The van der Waals surface area contributed by atoms with Crippen molar-refractivity contribution in [1.29, 1.82) is 0 Å². The number of amides is 1. The van der Waals surface area contributed by atoms with Gasteiger partial charge < -0.3 is 65.1 Å². The SMILES string of the molecule is CC/C=C\C/C=C\C/C=C\C/C=C\C/C=C\C/C=C\CCCCCCCCCCCCCCCCCCCCCCCCC(=O)NC(COC1OC(CO)C(OC2OC(CO)C(O)C(O)C2O)C(O)C1O)C(O)/C=C/CCCCC. The van der Waals surface area contributed by atoms with E-state index in [1.54, 1.807) is 6.08 Å². The second kappa shape index (κ2) is 50.7. The maximum atomic E-state index is 13.1. The van der Waals surface area contributed by atoms with Gasteiger partial charge in [0.2, 0.25) is 5.91 Å². The number of hydrogen-bond acceptors (Lipinski definition) is 13. The summed E-state index contributed by atoms with van der Waals surface area (Å²) in [5, 5.41) is 86.4. The molecule has 2 rings (SSSR count). The second-order valence-electron chi connectivity index (χ2n) is 22.2. The molecule has 14 nitrogen and oxygen atoms in total. The van der Waals surface area contributed by atoms with Crippen molar-refractivity contribution in [2.45, 2.75) is 306 Å². The molecular weight excluding hydrogens is 1010 g/mol. The largest absolute Gasteiger partial charge is 0.394 e. The minimum Gasteiger partial charge on any atom is -0.394 e. The van der Waals surface area contributed by atoms with Crippen LogP contribution >= 0.6 is 0 Å². The van der Waals surface area contributed by atoms with Crippen LogP contribution in [-0.2, 0) is 23.7 Å². The Hall–Kier alpha value is -2.83. The van der Waals surface area contributed by atoms with Crippen LogP contribution < -0.4 is 5.32 Å². The Morgan fingerprint density at radius 1 is 0.463 bits per heavy atom. The monoisotopic (exact) mass is 1130 g/mol. The molecule has 14 heteroatoms. The third kappa shape index (κ3) is 35.3. The molecule has 0 aromatic rings. The van der Waals surface area contributed by atoms with Crippen LogP contribution in [0.5, 0.6) is 0 Å². The Labute approximate surface area is 484 Å². The lowest BCUT2D eigenvalue weighted by Gasteiger charge is -2.46. The Balaban J connectivity index is 1.46. The van der Waals surface area contributed by atoms with E-state index in [1.165, 1.54) is 122 Å². The molecule has 462 valence electrons. The van der Waals surface area contributed by atoms with Crippen molar-refractivity contribution in [2.75, 3.05) is 19.8 Å². The summed E-state index contributed by atoms with van der Waals surface area (Å²) in [5.41, 5.74) is 0. The van der Waals surface area contributed by atoms with Gasteiger partial charge in [-0.15, -0.1) is 0 Å². The lowest BCUT2D eigenvalue weighted by Crippen LogP contribution is -2.65. The molecular formula is C66H115NO13. The number of unbranched alkanes of at least 4 members (excludes halogenated alkanes) is 25. The molecule has 12 atom stereocenters. The van der Waals surface area contributed by atoms with Gasteiger partial charge in [-0.05, 0) is 70.6 Å². The minimum atomic E-state index is -1.79. The molecule has 2 aliphatic rings. The number of ether oxygens (including phenoxy) is 4. The van der Waals surface area contributed by atoms with Gasteiger partial charge in [0.05, 0.1) is 32.0 Å². The number of nitrogens with one attached hydrogen (secondary N) is 1. The summed E-state index contributed by atoms with van der Waals surface area (Å²) >= 11 is 0. The third-order valence-corrected chi connectivity index (χ3v) is 15.1. The third-order valence-electron chi connectivity index (χ3n) is 15.1. The fourth-order valence-electron chi connectivity index (χ4n) is 10.0. The van der Waals surface area contributed by atoms with Gasteiger partial charge in [0, 0.05) is 6.42 Å². The van der Waals surface area contributed by atoms with E-state index in [0.717, 1.165) is 83.5 Å².